The van der Waals surface area contributed by atoms with Crippen molar-refractivity contribution in [3.05, 3.63) is 0 Å². The molecule has 0 aromatic heterocycles. The van der Waals surface area contributed by atoms with Crippen LogP contribution in [0, 0.1) is 0 Å². The molecule has 0 rings (SSSR count). The van der Waals surface area contributed by atoms with Crippen molar-refractivity contribution in [3.8, 4) is 0 Å². The van der Waals surface area contributed by atoms with Crippen LogP contribution in [0.25, 0.3) is 0 Å². The summed E-state index contributed by atoms with van der Waals surface area (Å²) in [5, 5.41) is 3.08. The molecule has 3 heteroatoms. The van der Waals surface area contributed by atoms with Crippen LogP contribution in [0.15, 0.2) is 0 Å². The summed E-state index contributed by atoms with van der Waals surface area (Å²) in [5.74, 6) is 0. The maximum atomic E-state index is 5.61. The predicted molar refractivity (Wildman–Crippen MR) is 50.4 cm³/mol. The predicted octanol–water partition coefficient (Wildman–Crippen LogP) is 1.04. The van der Waals surface area contributed by atoms with Gasteiger partial charge in [0.05, 0.1) is 18.8 Å². The quantitative estimate of drug-likeness (QED) is 0.627. The van der Waals surface area contributed by atoms with Gasteiger partial charge < -0.3 is 14.8 Å². The molecule has 0 heterocycles. The van der Waals surface area contributed by atoms with E-state index in [4.69, 9.17) is 9.47 Å². The van der Waals surface area contributed by atoms with E-state index in [1.807, 2.05) is 27.8 Å². The summed E-state index contributed by atoms with van der Waals surface area (Å²) < 4.78 is 10.9. The largest absolute Gasteiger partial charge is 0.379 e. The Morgan fingerprint density at radius 1 is 1.33 bits per heavy atom. The Balaban J connectivity index is 3.54. The van der Waals surface area contributed by atoms with Crippen LogP contribution in [0.4, 0.5) is 0 Å². The Morgan fingerprint density at radius 2 is 2.00 bits per heavy atom. The minimum absolute atomic E-state index is 0.176. The van der Waals surface area contributed by atoms with E-state index in [-0.39, 0.29) is 12.2 Å². The third-order valence-corrected chi connectivity index (χ3v) is 1.40. The highest BCUT2D eigenvalue weighted by atomic mass is 16.5. The lowest BCUT2D eigenvalue weighted by Gasteiger charge is -2.19. The molecule has 0 radical (unpaired) electrons. The lowest BCUT2D eigenvalue weighted by Crippen LogP contribution is -2.33. The van der Waals surface area contributed by atoms with Gasteiger partial charge in [0.15, 0.2) is 0 Å². The van der Waals surface area contributed by atoms with Gasteiger partial charge in [0.1, 0.15) is 0 Å². The first-order valence-electron chi connectivity index (χ1n) is 4.58. The van der Waals surface area contributed by atoms with Crippen LogP contribution in [0.5, 0.6) is 0 Å². The average molecular weight is 175 g/mol. The Labute approximate surface area is 75.4 Å². The van der Waals surface area contributed by atoms with Crippen molar-refractivity contribution in [2.75, 3.05) is 26.8 Å². The van der Waals surface area contributed by atoms with Gasteiger partial charge in [0.25, 0.3) is 0 Å². The zero-order valence-corrected chi connectivity index (χ0v) is 8.59. The first kappa shape index (κ1) is 11.9. The normalized spacial score (nSPS) is 13.8. The maximum absolute atomic E-state index is 5.61. The summed E-state index contributed by atoms with van der Waals surface area (Å²) in [5.41, 5.74) is 0. The van der Waals surface area contributed by atoms with E-state index in [0.717, 1.165) is 13.2 Å². The standard InChI is InChI=1S/C9H21NO2/c1-5-11-7-9(6-10-4)12-8(2)3/h8-10H,5-7H2,1-4H3. The summed E-state index contributed by atoms with van der Waals surface area (Å²) in [6.45, 7) is 8.34. The average Bonchev–Trinajstić information content (AvgIpc) is 2.00. The molecule has 0 amide bonds. The lowest BCUT2D eigenvalue weighted by molar-refractivity contribution is -0.0401. The lowest BCUT2D eigenvalue weighted by atomic mass is 10.3. The van der Waals surface area contributed by atoms with E-state index in [1.165, 1.54) is 0 Å². The summed E-state index contributed by atoms with van der Waals surface area (Å²) in [6.07, 6.45) is 0.443. The third-order valence-electron chi connectivity index (χ3n) is 1.40. The molecule has 0 aliphatic heterocycles. The topological polar surface area (TPSA) is 30.5 Å². The number of hydrogen-bond donors (Lipinski definition) is 1. The second-order valence-electron chi connectivity index (χ2n) is 3.02. The number of hydrogen-bond acceptors (Lipinski definition) is 3. The van der Waals surface area contributed by atoms with Crippen molar-refractivity contribution in [1.82, 2.24) is 5.32 Å². The molecular weight excluding hydrogens is 154 g/mol. The summed E-state index contributed by atoms with van der Waals surface area (Å²) >= 11 is 0. The minimum Gasteiger partial charge on any atom is -0.379 e. The molecule has 0 aliphatic rings. The van der Waals surface area contributed by atoms with E-state index in [0.29, 0.717) is 6.61 Å². The number of nitrogens with one attached hydrogen (secondary N) is 1. The zero-order valence-electron chi connectivity index (χ0n) is 8.59. The highest BCUT2D eigenvalue weighted by molar-refractivity contribution is 4.60. The number of likely N-dealkylation sites (N-methyl/N-ethyl adjacent to an activating group) is 1. The fourth-order valence-electron chi connectivity index (χ4n) is 1.01. The Hall–Kier alpha value is -0.120. The first-order chi connectivity index (χ1) is 5.70. The van der Waals surface area contributed by atoms with Gasteiger partial charge in [-0.15, -0.1) is 0 Å². The van der Waals surface area contributed by atoms with Crippen LogP contribution >= 0.6 is 0 Å². The molecule has 0 aromatic rings. The summed E-state index contributed by atoms with van der Waals surface area (Å²) in [7, 11) is 1.92. The minimum atomic E-state index is 0.176. The maximum Gasteiger partial charge on any atom is 0.0935 e. The molecule has 1 N–H and O–H groups in total. The van der Waals surface area contributed by atoms with Crippen molar-refractivity contribution in [3.63, 3.8) is 0 Å². The molecule has 3 nitrogen and oxygen atoms in total. The van der Waals surface area contributed by atoms with Crippen molar-refractivity contribution < 1.29 is 9.47 Å². The van der Waals surface area contributed by atoms with Crippen LogP contribution in [0.1, 0.15) is 20.8 Å². The van der Waals surface area contributed by atoms with Gasteiger partial charge in [0, 0.05) is 13.2 Å². The van der Waals surface area contributed by atoms with Gasteiger partial charge in [-0.1, -0.05) is 0 Å². The third kappa shape index (κ3) is 6.58. The molecule has 0 fully saturated rings. The molecule has 0 saturated heterocycles. The Bertz CT molecular complexity index is 96.5. The highest BCUT2D eigenvalue weighted by Crippen LogP contribution is 1.97. The van der Waals surface area contributed by atoms with Crippen molar-refractivity contribution in [1.29, 1.82) is 0 Å². The number of ether oxygens (including phenoxy) is 2. The van der Waals surface area contributed by atoms with Gasteiger partial charge in [-0.05, 0) is 27.8 Å². The fraction of sp³-hybridized carbons (Fsp3) is 1.00. The van der Waals surface area contributed by atoms with Crippen LogP contribution in [0.2, 0.25) is 0 Å². The molecule has 0 aromatic carbocycles. The Morgan fingerprint density at radius 3 is 2.42 bits per heavy atom. The highest BCUT2D eigenvalue weighted by Gasteiger charge is 2.09. The SMILES string of the molecule is CCOCC(CNC)OC(C)C. The van der Waals surface area contributed by atoms with Crippen LogP contribution in [0.3, 0.4) is 0 Å². The first-order valence-corrected chi connectivity index (χ1v) is 4.58. The smallest absolute Gasteiger partial charge is 0.0935 e. The molecule has 1 unspecified atom stereocenters. The summed E-state index contributed by atoms with van der Waals surface area (Å²) in [4.78, 5) is 0. The Kier molecular flexibility index (Phi) is 7.45. The van der Waals surface area contributed by atoms with E-state index in [2.05, 4.69) is 5.32 Å². The molecule has 0 aliphatic carbocycles. The van der Waals surface area contributed by atoms with E-state index in [1.54, 1.807) is 0 Å². The second kappa shape index (κ2) is 7.53. The second-order valence-corrected chi connectivity index (χ2v) is 3.02. The van der Waals surface area contributed by atoms with Gasteiger partial charge >= 0.3 is 0 Å². The zero-order chi connectivity index (χ0) is 9.40. The molecule has 12 heavy (non-hydrogen) atoms. The monoisotopic (exact) mass is 175 g/mol. The van der Waals surface area contributed by atoms with Gasteiger partial charge in [-0.2, -0.15) is 0 Å². The fourth-order valence-corrected chi connectivity index (χ4v) is 1.01. The van der Waals surface area contributed by atoms with Crippen molar-refractivity contribution in [2.24, 2.45) is 0 Å². The molecule has 1 atom stereocenters. The molecule has 0 spiro atoms. The van der Waals surface area contributed by atoms with Gasteiger partial charge in [-0.3, -0.25) is 0 Å². The van der Waals surface area contributed by atoms with Crippen LogP contribution in [-0.4, -0.2) is 39.0 Å². The van der Waals surface area contributed by atoms with Crippen LogP contribution in [-0.2, 0) is 9.47 Å². The van der Waals surface area contributed by atoms with Gasteiger partial charge in [-0.25, -0.2) is 0 Å². The van der Waals surface area contributed by atoms with Gasteiger partial charge in [0.2, 0.25) is 0 Å². The van der Waals surface area contributed by atoms with E-state index >= 15 is 0 Å². The van der Waals surface area contributed by atoms with E-state index < -0.39 is 0 Å². The molecule has 74 valence electrons. The molecule has 0 saturated carbocycles. The molecular formula is C9H21NO2. The van der Waals surface area contributed by atoms with Crippen LogP contribution < -0.4 is 5.32 Å². The van der Waals surface area contributed by atoms with E-state index in [9.17, 15) is 0 Å². The molecule has 0 bridgehead atoms. The number of rotatable bonds is 7. The summed E-state index contributed by atoms with van der Waals surface area (Å²) in [6, 6.07) is 0. The van der Waals surface area contributed by atoms with Crippen molar-refractivity contribution in [2.45, 2.75) is 33.0 Å². The van der Waals surface area contributed by atoms with Crippen molar-refractivity contribution >= 4 is 0 Å².